The quantitative estimate of drug-likeness (QED) is 0.608. The molecular formula is C19H21ClFN3O3S. The zero-order valence-electron chi connectivity index (χ0n) is 15.4. The first-order valence-electron chi connectivity index (χ1n) is 8.67. The fourth-order valence-electron chi connectivity index (χ4n) is 2.17. The Kier molecular flexibility index (Phi) is 8.41. The van der Waals surface area contributed by atoms with E-state index in [1.54, 1.807) is 6.20 Å². The third kappa shape index (κ3) is 6.94. The van der Waals surface area contributed by atoms with Gasteiger partial charge in [0.25, 0.3) is 11.8 Å². The fraction of sp³-hybridized carbons (Fsp3) is 0.316. The van der Waals surface area contributed by atoms with Crippen LogP contribution in [0.5, 0.6) is 5.75 Å². The van der Waals surface area contributed by atoms with Crippen molar-refractivity contribution < 1.29 is 18.7 Å². The molecule has 1 aromatic carbocycles. The van der Waals surface area contributed by atoms with Gasteiger partial charge in [0.1, 0.15) is 16.4 Å². The lowest BCUT2D eigenvalue weighted by molar-refractivity contribution is -0.122. The van der Waals surface area contributed by atoms with Gasteiger partial charge in [-0.25, -0.2) is 9.37 Å². The van der Waals surface area contributed by atoms with E-state index >= 15 is 0 Å². The molecule has 2 aromatic rings. The maximum absolute atomic E-state index is 13.3. The molecule has 0 saturated carbocycles. The van der Waals surface area contributed by atoms with Gasteiger partial charge in [-0.3, -0.25) is 9.59 Å². The highest BCUT2D eigenvalue weighted by Gasteiger charge is 2.11. The molecule has 0 aliphatic rings. The van der Waals surface area contributed by atoms with E-state index in [4.69, 9.17) is 16.3 Å². The van der Waals surface area contributed by atoms with Crippen molar-refractivity contribution in [3.63, 3.8) is 0 Å². The van der Waals surface area contributed by atoms with E-state index in [0.717, 1.165) is 23.9 Å². The van der Waals surface area contributed by atoms with Crippen LogP contribution in [-0.2, 0) is 11.2 Å². The van der Waals surface area contributed by atoms with Gasteiger partial charge < -0.3 is 15.4 Å². The molecule has 9 heteroatoms. The topological polar surface area (TPSA) is 80.3 Å². The second kappa shape index (κ2) is 10.8. The molecular weight excluding hydrogens is 405 g/mol. The van der Waals surface area contributed by atoms with E-state index in [2.05, 4.69) is 29.1 Å². The number of benzene rings is 1. The zero-order valence-corrected chi connectivity index (χ0v) is 17.0. The largest absolute Gasteiger partial charge is 0.484 e. The molecule has 150 valence electrons. The number of carbonyl (C=O) groups excluding carboxylic acids is 2. The molecule has 1 heterocycles. The van der Waals surface area contributed by atoms with Crippen molar-refractivity contribution in [1.82, 2.24) is 15.6 Å². The Morgan fingerprint density at radius 1 is 1.39 bits per heavy atom. The Morgan fingerprint density at radius 3 is 2.89 bits per heavy atom. The number of rotatable bonds is 10. The number of aryl methyl sites for hydroxylation is 1. The summed E-state index contributed by atoms with van der Waals surface area (Å²) in [7, 11) is 0. The van der Waals surface area contributed by atoms with Gasteiger partial charge in [0.2, 0.25) is 0 Å². The molecule has 6 nitrogen and oxygen atoms in total. The summed E-state index contributed by atoms with van der Waals surface area (Å²) in [6.45, 7) is 5.83. The monoisotopic (exact) mass is 425 g/mol. The summed E-state index contributed by atoms with van der Waals surface area (Å²) in [5, 5.41) is 6.25. The van der Waals surface area contributed by atoms with E-state index in [0.29, 0.717) is 23.5 Å². The second-order valence-corrected chi connectivity index (χ2v) is 7.41. The van der Waals surface area contributed by atoms with Crippen molar-refractivity contribution in [2.75, 3.05) is 13.2 Å². The van der Waals surface area contributed by atoms with Crippen LogP contribution in [-0.4, -0.2) is 29.9 Å². The smallest absolute Gasteiger partial charge is 0.263 e. The molecule has 0 saturated heterocycles. The molecule has 0 spiro atoms. The Balaban J connectivity index is 1.67. The van der Waals surface area contributed by atoms with Crippen molar-refractivity contribution in [1.29, 1.82) is 0 Å². The van der Waals surface area contributed by atoms with Crippen molar-refractivity contribution in [2.45, 2.75) is 26.2 Å². The first kappa shape index (κ1) is 21.8. The number of thiazole rings is 1. The van der Waals surface area contributed by atoms with E-state index < -0.39 is 11.7 Å². The van der Waals surface area contributed by atoms with E-state index in [-0.39, 0.29) is 23.3 Å². The molecule has 28 heavy (non-hydrogen) atoms. The minimum absolute atomic E-state index is 0.0212. The van der Waals surface area contributed by atoms with Gasteiger partial charge in [-0.1, -0.05) is 25.1 Å². The fourth-order valence-corrected chi connectivity index (χ4v) is 3.22. The predicted molar refractivity (Wildman–Crippen MR) is 107 cm³/mol. The van der Waals surface area contributed by atoms with E-state index in [1.807, 2.05) is 0 Å². The normalized spacial score (nSPS) is 10.4. The van der Waals surface area contributed by atoms with Crippen molar-refractivity contribution in [3.8, 4) is 5.75 Å². The lowest BCUT2D eigenvalue weighted by Crippen LogP contribution is -2.30. The minimum atomic E-state index is -0.623. The molecule has 2 N–H and O–H groups in total. The van der Waals surface area contributed by atoms with Gasteiger partial charge >= 0.3 is 0 Å². The molecule has 0 unspecified atom stereocenters. The average molecular weight is 426 g/mol. The molecule has 2 amide bonds. The van der Waals surface area contributed by atoms with Gasteiger partial charge in [0.15, 0.2) is 6.61 Å². The van der Waals surface area contributed by atoms with Crippen molar-refractivity contribution >= 4 is 34.8 Å². The number of ether oxygens (including phenoxy) is 1. The van der Waals surface area contributed by atoms with Crippen LogP contribution in [0.3, 0.4) is 0 Å². The number of hydrogen-bond donors (Lipinski definition) is 2. The highest BCUT2D eigenvalue weighted by Crippen LogP contribution is 2.20. The third-order valence-corrected chi connectivity index (χ3v) is 4.89. The number of aromatic nitrogens is 1. The highest BCUT2D eigenvalue weighted by atomic mass is 35.5. The molecule has 2 rings (SSSR count). The van der Waals surface area contributed by atoms with Gasteiger partial charge in [-0.15, -0.1) is 11.3 Å². The number of nitrogens with zero attached hydrogens (tertiary/aromatic N) is 1. The van der Waals surface area contributed by atoms with Gasteiger partial charge in [0.05, 0.1) is 16.2 Å². The Morgan fingerprint density at radius 2 is 2.18 bits per heavy atom. The number of amides is 2. The Hall–Kier alpha value is -2.45. The number of nitrogens with one attached hydrogen (secondary N) is 2. The van der Waals surface area contributed by atoms with Gasteiger partial charge in [-0.05, 0) is 25.0 Å². The molecule has 0 aliphatic heterocycles. The van der Waals surface area contributed by atoms with Crippen LogP contribution >= 0.6 is 22.9 Å². The maximum Gasteiger partial charge on any atom is 0.263 e. The van der Waals surface area contributed by atoms with Crippen molar-refractivity contribution in [3.05, 3.63) is 57.4 Å². The van der Waals surface area contributed by atoms with Crippen LogP contribution in [0.1, 0.15) is 34.4 Å². The van der Waals surface area contributed by atoms with E-state index in [9.17, 15) is 14.0 Å². The summed E-state index contributed by atoms with van der Waals surface area (Å²) in [4.78, 5) is 28.7. The standard InChI is InChI=1S/C19H21ClFN3O3S/c1-3-4-18-23-10-16(28-18)19(26)22-8-7-12(2)24-17(25)11-27-13-5-6-14(20)15(21)9-13/h5-6,9-10H,2-4,7-8,11H2,1H3,(H,22,26)(H,24,25). The molecule has 0 fully saturated rings. The summed E-state index contributed by atoms with van der Waals surface area (Å²) in [6.07, 6.45) is 3.77. The zero-order chi connectivity index (χ0) is 20.5. The lowest BCUT2D eigenvalue weighted by Gasteiger charge is -2.10. The van der Waals surface area contributed by atoms with Crippen LogP contribution < -0.4 is 15.4 Å². The number of carbonyl (C=O) groups is 2. The first-order chi connectivity index (χ1) is 13.4. The SMILES string of the molecule is C=C(CCNC(=O)c1cnc(CCC)s1)NC(=O)COc1ccc(Cl)c(F)c1. The van der Waals surface area contributed by atoms with Gasteiger partial charge in [-0.2, -0.15) is 0 Å². The predicted octanol–water partition coefficient (Wildman–Crippen LogP) is 3.72. The minimum Gasteiger partial charge on any atom is -0.484 e. The number of halogens is 2. The summed E-state index contributed by atoms with van der Waals surface area (Å²) in [6, 6.07) is 3.92. The molecule has 1 aromatic heterocycles. The first-order valence-corrected chi connectivity index (χ1v) is 9.87. The Labute approximate surface area is 171 Å². The third-order valence-electron chi connectivity index (χ3n) is 3.53. The highest BCUT2D eigenvalue weighted by molar-refractivity contribution is 7.13. The molecule has 0 bridgehead atoms. The van der Waals surface area contributed by atoms with Crippen LogP contribution in [0.2, 0.25) is 5.02 Å². The van der Waals surface area contributed by atoms with Gasteiger partial charge in [0, 0.05) is 24.7 Å². The summed E-state index contributed by atoms with van der Waals surface area (Å²) in [5.41, 5.74) is 0.437. The number of hydrogen-bond acceptors (Lipinski definition) is 5. The molecule has 0 aliphatic carbocycles. The van der Waals surface area contributed by atoms with E-state index in [1.165, 1.54) is 23.5 Å². The molecule has 0 radical (unpaired) electrons. The average Bonchev–Trinajstić information content (AvgIpc) is 3.12. The Bertz CT molecular complexity index is 857. The molecule has 0 atom stereocenters. The summed E-state index contributed by atoms with van der Waals surface area (Å²) in [5.74, 6) is -1.06. The lowest BCUT2D eigenvalue weighted by atomic mass is 10.3. The summed E-state index contributed by atoms with van der Waals surface area (Å²) < 4.78 is 18.5. The van der Waals surface area contributed by atoms with Crippen LogP contribution in [0.15, 0.2) is 36.7 Å². The van der Waals surface area contributed by atoms with Crippen LogP contribution in [0, 0.1) is 5.82 Å². The second-order valence-electron chi connectivity index (χ2n) is 5.89. The van der Waals surface area contributed by atoms with Crippen molar-refractivity contribution in [2.24, 2.45) is 0 Å². The summed E-state index contributed by atoms with van der Waals surface area (Å²) >= 11 is 6.96. The van der Waals surface area contributed by atoms with Crippen LogP contribution in [0.25, 0.3) is 0 Å². The maximum atomic E-state index is 13.3. The van der Waals surface area contributed by atoms with Crippen LogP contribution in [0.4, 0.5) is 4.39 Å².